The number of amidine groups is 1. The zero-order valence-electron chi connectivity index (χ0n) is 23.0. The largest absolute Gasteiger partial charge is 0.390 e. The zero-order chi connectivity index (χ0) is 30.6. The van der Waals surface area contributed by atoms with Gasteiger partial charge in [0.2, 0.25) is 15.9 Å². The molecule has 0 saturated heterocycles. The molecule has 1 aliphatic rings. The lowest BCUT2D eigenvalue weighted by Crippen LogP contribution is -2.53. The molecule has 0 fully saturated rings. The van der Waals surface area contributed by atoms with Crippen molar-refractivity contribution in [1.82, 2.24) is 14.5 Å². The molecule has 1 aliphatic heterocycles. The Labute approximate surface area is 242 Å². The van der Waals surface area contributed by atoms with Crippen molar-refractivity contribution in [2.45, 2.75) is 62.8 Å². The third kappa shape index (κ3) is 8.30. The Morgan fingerprint density at radius 1 is 1.15 bits per heavy atom. The number of sulfonamides is 1. The summed E-state index contributed by atoms with van der Waals surface area (Å²) in [6.07, 6.45) is -5.41. The highest BCUT2D eigenvalue weighted by Gasteiger charge is 2.43. The van der Waals surface area contributed by atoms with Gasteiger partial charge >= 0.3 is 6.18 Å². The highest BCUT2D eigenvalue weighted by Crippen LogP contribution is 2.27. The lowest BCUT2D eigenvalue weighted by atomic mass is 9.95. The fourth-order valence-corrected chi connectivity index (χ4v) is 5.92. The number of hydrogen-bond donors (Lipinski definition) is 1. The summed E-state index contributed by atoms with van der Waals surface area (Å²) in [7, 11) is -4.00. The molecule has 1 atom stereocenters. The van der Waals surface area contributed by atoms with Gasteiger partial charge in [-0.2, -0.15) is 17.5 Å². The van der Waals surface area contributed by atoms with Crippen molar-refractivity contribution in [3.63, 3.8) is 0 Å². The van der Waals surface area contributed by atoms with Crippen LogP contribution in [-0.4, -0.2) is 66.8 Å². The second-order valence-electron chi connectivity index (χ2n) is 10.2. The Bertz CT molecular complexity index is 1400. The summed E-state index contributed by atoms with van der Waals surface area (Å²) >= 11 is 5.79. The molecule has 7 nitrogen and oxygen atoms in total. The van der Waals surface area contributed by atoms with E-state index >= 15 is 0 Å². The maximum atomic E-state index is 14.1. The number of hydrogen-bond acceptors (Lipinski definition) is 5. The highest BCUT2D eigenvalue weighted by molar-refractivity contribution is 7.89. The van der Waals surface area contributed by atoms with Crippen LogP contribution < -0.4 is 5.32 Å². The van der Waals surface area contributed by atoms with Crippen molar-refractivity contribution in [3.05, 3.63) is 77.1 Å². The van der Waals surface area contributed by atoms with Crippen LogP contribution in [0.3, 0.4) is 0 Å². The maximum absolute atomic E-state index is 14.1. The van der Waals surface area contributed by atoms with E-state index in [4.69, 9.17) is 11.6 Å². The van der Waals surface area contributed by atoms with Crippen molar-refractivity contribution in [2.75, 3.05) is 19.6 Å². The van der Waals surface area contributed by atoms with E-state index in [1.54, 1.807) is 39.0 Å². The molecule has 0 radical (unpaired) electrons. The predicted molar refractivity (Wildman–Crippen MR) is 151 cm³/mol. The molecule has 3 rings (SSSR count). The van der Waals surface area contributed by atoms with Crippen molar-refractivity contribution in [2.24, 2.45) is 4.99 Å². The Morgan fingerprint density at radius 2 is 1.80 bits per heavy atom. The lowest BCUT2D eigenvalue weighted by Gasteiger charge is -2.30. The topological polar surface area (TPSA) is 82.1 Å². The number of carbonyl (C=O) groups is 1. The monoisotopic (exact) mass is 616 g/mol. The number of carbonyl (C=O) groups excluding carboxylic acids is 1. The maximum Gasteiger partial charge on any atom is 0.390 e. The SMILES string of the molecule is C=C(CCN(Cc1ccc(Cl)c(F)c1)S(=O)(=O)c1ccccc1)C1=NC(C)(C)[C@H](C(=O)N(CC)CCC(F)(F)F)N1. The Morgan fingerprint density at radius 3 is 2.39 bits per heavy atom. The molecule has 13 heteroatoms. The zero-order valence-corrected chi connectivity index (χ0v) is 24.6. The number of rotatable bonds is 12. The summed E-state index contributed by atoms with van der Waals surface area (Å²) in [4.78, 5) is 18.9. The van der Waals surface area contributed by atoms with Crippen molar-refractivity contribution < 1.29 is 30.8 Å². The van der Waals surface area contributed by atoms with E-state index < -0.39 is 52.5 Å². The van der Waals surface area contributed by atoms with E-state index in [9.17, 15) is 30.8 Å². The molecular formula is C28H33ClF4N4O3S. The molecule has 2 aromatic rings. The fraction of sp³-hybridized carbons (Fsp3) is 0.429. The third-order valence-corrected chi connectivity index (χ3v) is 8.88. The number of benzene rings is 2. The van der Waals surface area contributed by atoms with Gasteiger partial charge in [0.15, 0.2) is 0 Å². The highest BCUT2D eigenvalue weighted by atomic mass is 35.5. The van der Waals surface area contributed by atoms with Crippen molar-refractivity contribution >= 4 is 33.4 Å². The first-order valence-electron chi connectivity index (χ1n) is 12.9. The van der Waals surface area contributed by atoms with Gasteiger partial charge in [0.05, 0.1) is 21.9 Å². The molecule has 0 unspecified atom stereocenters. The fourth-order valence-electron chi connectivity index (χ4n) is 4.36. The van der Waals surface area contributed by atoms with Crippen LogP contribution in [0, 0.1) is 5.82 Å². The van der Waals surface area contributed by atoms with Gasteiger partial charge in [-0.3, -0.25) is 9.79 Å². The van der Waals surface area contributed by atoms with E-state index in [-0.39, 0.29) is 41.8 Å². The predicted octanol–water partition coefficient (Wildman–Crippen LogP) is 5.57. The van der Waals surface area contributed by atoms with Crippen LogP contribution >= 0.6 is 11.6 Å². The summed E-state index contributed by atoms with van der Waals surface area (Å²) in [6, 6.07) is 10.9. The molecule has 41 heavy (non-hydrogen) atoms. The number of alkyl halides is 3. The minimum absolute atomic E-state index is 0.0489. The smallest absolute Gasteiger partial charge is 0.357 e. The molecule has 0 aromatic heterocycles. The van der Waals surface area contributed by atoms with E-state index in [2.05, 4.69) is 16.9 Å². The Kier molecular flexibility index (Phi) is 10.3. The molecule has 0 bridgehead atoms. The van der Waals surface area contributed by atoms with Crippen LogP contribution in [0.5, 0.6) is 0 Å². The van der Waals surface area contributed by atoms with Gasteiger partial charge in [-0.1, -0.05) is 42.4 Å². The summed E-state index contributed by atoms with van der Waals surface area (Å²) in [5, 5.41) is 2.91. The van der Waals surface area contributed by atoms with E-state index in [1.165, 1.54) is 34.6 Å². The minimum atomic E-state index is -4.40. The van der Waals surface area contributed by atoms with Gasteiger partial charge in [-0.05, 0) is 62.6 Å². The Balaban J connectivity index is 1.77. The molecule has 1 N–H and O–H groups in total. The quantitative estimate of drug-likeness (QED) is 0.316. The number of halogens is 5. The summed E-state index contributed by atoms with van der Waals surface area (Å²) in [5.74, 6) is -0.925. The second-order valence-corrected chi connectivity index (χ2v) is 12.6. The van der Waals surface area contributed by atoms with Crippen LogP contribution in [0.15, 0.2) is 70.6 Å². The number of likely N-dealkylation sites (N-methyl/N-ethyl adjacent to an activating group) is 1. The van der Waals surface area contributed by atoms with E-state index in [1.807, 2.05) is 0 Å². The summed E-state index contributed by atoms with van der Waals surface area (Å²) < 4.78 is 80.6. The molecule has 0 saturated carbocycles. The molecule has 0 aliphatic carbocycles. The van der Waals surface area contributed by atoms with Crippen LogP contribution in [-0.2, 0) is 21.4 Å². The van der Waals surface area contributed by atoms with Crippen LogP contribution in [0.4, 0.5) is 17.6 Å². The van der Waals surface area contributed by atoms with Crippen LogP contribution in [0.1, 0.15) is 39.2 Å². The first kappa shape index (κ1) is 32.6. The average Bonchev–Trinajstić information content (AvgIpc) is 3.23. The molecule has 0 spiro atoms. The summed E-state index contributed by atoms with van der Waals surface area (Å²) in [6.45, 7) is 8.42. The van der Waals surface area contributed by atoms with Gasteiger partial charge in [0, 0.05) is 26.2 Å². The number of aliphatic imine (C=N–C) groups is 1. The normalized spacial score (nSPS) is 16.8. The van der Waals surface area contributed by atoms with Crippen molar-refractivity contribution in [1.29, 1.82) is 0 Å². The second kappa shape index (κ2) is 12.9. The molecular weight excluding hydrogens is 584 g/mol. The number of amides is 1. The first-order chi connectivity index (χ1) is 19.0. The molecule has 2 aromatic carbocycles. The van der Waals surface area contributed by atoms with E-state index in [0.717, 1.165) is 4.90 Å². The minimum Gasteiger partial charge on any atom is -0.357 e. The third-order valence-electron chi connectivity index (χ3n) is 6.71. The summed E-state index contributed by atoms with van der Waals surface area (Å²) in [5.41, 5.74) is -0.196. The molecule has 1 amide bonds. The number of nitrogens with zero attached hydrogens (tertiary/aromatic N) is 3. The number of nitrogens with one attached hydrogen (secondary N) is 1. The van der Waals surface area contributed by atoms with Gasteiger partial charge in [-0.15, -0.1) is 0 Å². The lowest BCUT2D eigenvalue weighted by molar-refractivity contribution is -0.146. The van der Waals surface area contributed by atoms with Crippen LogP contribution in [0.25, 0.3) is 0 Å². The first-order valence-corrected chi connectivity index (χ1v) is 14.8. The van der Waals surface area contributed by atoms with Crippen molar-refractivity contribution in [3.8, 4) is 0 Å². The molecule has 224 valence electrons. The molecule has 1 heterocycles. The Hall–Kier alpha value is -2.96. The average molecular weight is 617 g/mol. The van der Waals surface area contributed by atoms with Gasteiger partial charge in [0.1, 0.15) is 17.7 Å². The standard InChI is InChI=1S/C28H33ClF4N4O3S/c1-5-36(16-14-28(31,32)33)26(38)24-27(3,4)35-25(34-24)19(2)13-15-37(18-20-11-12-22(29)23(30)17-20)41(39,40)21-9-7-6-8-10-21/h6-12,17,24H,2,5,13-16,18H2,1,3-4H3,(H,34,35)/t24-/m0/s1. The van der Waals surface area contributed by atoms with Gasteiger partial charge in [-0.25, -0.2) is 12.8 Å². The van der Waals surface area contributed by atoms with Crippen LogP contribution in [0.2, 0.25) is 5.02 Å². The van der Waals surface area contributed by atoms with Gasteiger partial charge < -0.3 is 10.2 Å². The van der Waals surface area contributed by atoms with E-state index in [0.29, 0.717) is 11.1 Å². The van der Waals surface area contributed by atoms with Gasteiger partial charge in [0.25, 0.3) is 0 Å².